The number of nitrogens with one attached hydrogen (secondary N) is 2. The van der Waals surface area contributed by atoms with Crippen molar-refractivity contribution in [3.05, 3.63) is 57.6 Å². The summed E-state index contributed by atoms with van der Waals surface area (Å²) < 4.78 is 11.8. The zero-order valence-electron chi connectivity index (χ0n) is 16.8. The molecular formula is C22H29Cl2N3O2. The number of piperazine rings is 1. The number of ether oxygens (including phenoxy) is 2. The fourth-order valence-corrected chi connectivity index (χ4v) is 3.71. The molecule has 2 N–H and O–H groups in total. The Hall–Kier alpha value is -1.50. The molecule has 0 atom stereocenters. The summed E-state index contributed by atoms with van der Waals surface area (Å²) in [4.78, 5) is 2.48. The van der Waals surface area contributed by atoms with Crippen molar-refractivity contribution in [3.63, 3.8) is 0 Å². The van der Waals surface area contributed by atoms with Crippen LogP contribution >= 0.6 is 23.2 Å². The van der Waals surface area contributed by atoms with Gasteiger partial charge in [0.2, 0.25) is 0 Å². The molecule has 1 saturated heterocycles. The van der Waals surface area contributed by atoms with Crippen LogP contribution in [0.15, 0.2) is 36.4 Å². The first-order chi connectivity index (χ1) is 14.2. The largest absolute Gasteiger partial charge is 0.490 e. The van der Waals surface area contributed by atoms with E-state index in [1.165, 1.54) is 5.56 Å². The second kappa shape index (κ2) is 11.6. The fraction of sp³-hybridized carbons (Fsp3) is 0.455. The van der Waals surface area contributed by atoms with Crippen molar-refractivity contribution in [2.75, 3.05) is 45.9 Å². The van der Waals surface area contributed by atoms with Gasteiger partial charge in [-0.25, -0.2) is 0 Å². The summed E-state index contributed by atoms with van der Waals surface area (Å²) in [6.45, 7) is 10.2. The molecule has 5 nitrogen and oxygen atoms in total. The summed E-state index contributed by atoms with van der Waals surface area (Å²) in [5.41, 5.74) is 2.06. The Bertz CT molecular complexity index is 783. The minimum atomic E-state index is 0.359. The first-order valence-corrected chi connectivity index (χ1v) is 10.9. The zero-order valence-corrected chi connectivity index (χ0v) is 18.4. The third-order valence-corrected chi connectivity index (χ3v) is 5.44. The van der Waals surface area contributed by atoms with Gasteiger partial charge in [0.15, 0.2) is 11.5 Å². The van der Waals surface area contributed by atoms with E-state index in [-0.39, 0.29) is 0 Å². The number of halogens is 2. The fourth-order valence-electron chi connectivity index (χ4n) is 3.25. The van der Waals surface area contributed by atoms with Crippen molar-refractivity contribution in [1.29, 1.82) is 0 Å². The molecule has 1 fully saturated rings. The van der Waals surface area contributed by atoms with Gasteiger partial charge in [-0.05, 0) is 36.8 Å². The van der Waals surface area contributed by atoms with E-state index in [2.05, 4.69) is 21.6 Å². The van der Waals surface area contributed by atoms with Crippen LogP contribution in [0, 0.1) is 0 Å². The Morgan fingerprint density at radius 3 is 2.62 bits per heavy atom. The van der Waals surface area contributed by atoms with Gasteiger partial charge in [-0.15, -0.1) is 0 Å². The molecule has 1 aliphatic heterocycles. The second-order valence-corrected chi connectivity index (χ2v) is 7.85. The summed E-state index contributed by atoms with van der Waals surface area (Å²) in [5.74, 6) is 1.46. The van der Waals surface area contributed by atoms with Gasteiger partial charge < -0.3 is 20.1 Å². The molecule has 7 heteroatoms. The zero-order chi connectivity index (χ0) is 20.5. The van der Waals surface area contributed by atoms with E-state index < -0.39 is 0 Å². The van der Waals surface area contributed by atoms with Crippen molar-refractivity contribution >= 4 is 23.2 Å². The maximum Gasteiger partial charge on any atom is 0.161 e. The number of rotatable bonds is 10. The Labute approximate surface area is 183 Å². The quantitative estimate of drug-likeness (QED) is 0.550. The Morgan fingerprint density at radius 2 is 1.86 bits per heavy atom. The van der Waals surface area contributed by atoms with Crippen molar-refractivity contribution in [2.24, 2.45) is 0 Å². The molecule has 0 aromatic heterocycles. The van der Waals surface area contributed by atoms with Crippen LogP contribution in [0.5, 0.6) is 11.5 Å². The molecule has 2 aromatic rings. The predicted molar refractivity (Wildman–Crippen MR) is 119 cm³/mol. The van der Waals surface area contributed by atoms with Crippen molar-refractivity contribution in [3.8, 4) is 11.5 Å². The maximum atomic E-state index is 6.24. The van der Waals surface area contributed by atoms with Crippen LogP contribution in [-0.2, 0) is 13.2 Å². The number of hydrogen-bond donors (Lipinski definition) is 2. The van der Waals surface area contributed by atoms with E-state index in [0.717, 1.165) is 57.1 Å². The number of benzene rings is 2. The van der Waals surface area contributed by atoms with Crippen LogP contribution in [0.1, 0.15) is 18.1 Å². The molecule has 2 aromatic carbocycles. The highest BCUT2D eigenvalue weighted by Crippen LogP contribution is 2.30. The highest BCUT2D eigenvalue weighted by Gasteiger charge is 2.10. The van der Waals surface area contributed by atoms with Crippen LogP contribution in [0.4, 0.5) is 0 Å². The van der Waals surface area contributed by atoms with Crippen LogP contribution in [0.2, 0.25) is 10.0 Å². The van der Waals surface area contributed by atoms with E-state index >= 15 is 0 Å². The van der Waals surface area contributed by atoms with E-state index in [1.54, 1.807) is 6.07 Å². The van der Waals surface area contributed by atoms with Crippen LogP contribution in [0.3, 0.4) is 0 Å². The summed E-state index contributed by atoms with van der Waals surface area (Å²) in [6.07, 6.45) is 0. The van der Waals surface area contributed by atoms with Crippen molar-refractivity contribution < 1.29 is 9.47 Å². The smallest absolute Gasteiger partial charge is 0.161 e. The molecule has 3 rings (SSSR count). The third kappa shape index (κ3) is 7.05. The molecule has 1 aliphatic rings. The first kappa shape index (κ1) is 22.2. The van der Waals surface area contributed by atoms with Crippen molar-refractivity contribution in [1.82, 2.24) is 15.5 Å². The molecule has 29 heavy (non-hydrogen) atoms. The van der Waals surface area contributed by atoms with E-state index in [4.69, 9.17) is 32.7 Å². The monoisotopic (exact) mass is 437 g/mol. The highest BCUT2D eigenvalue weighted by molar-refractivity contribution is 6.35. The predicted octanol–water partition coefficient (Wildman–Crippen LogP) is 3.97. The second-order valence-electron chi connectivity index (χ2n) is 7.01. The first-order valence-electron chi connectivity index (χ1n) is 10.1. The Balaban J connectivity index is 1.53. The minimum absolute atomic E-state index is 0.359. The summed E-state index contributed by atoms with van der Waals surface area (Å²) in [7, 11) is 0. The molecule has 0 spiro atoms. The molecule has 0 radical (unpaired) electrons. The van der Waals surface area contributed by atoms with Crippen LogP contribution in [0.25, 0.3) is 0 Å². The highest BCUT2D eigenvalue weighted by atomic mass is 35.5. The van der Waals surface area contributed by atoms with Crippen LogP contribution in [-0.4, -0.2) is 50.8 Å². The van der Waals surface area contributed by atoms with E-state index in [1.807, 2.05) is 31.2 Å². The lowest BCUT2D eigenvalue weighted by Crippen LogP contribution is -2.45. The lowest BCUT2D eigenvalue weighted by atomic mass is 10.2. The van der Waals surface area contributed by atoms with Gasteiger partial charge in [0.1, 0.15) is 6.61 Å². The van der Waals surface area contributed by atoms with Gasteiger partial charge in [0, 0.05) is 61.4 Å². The van der Waals surface area contributed by atoms with E-state index in [0.29, 0.717) is 29.0 Å². The lowest BCUT2D eigenvalue weighted by Gasteiger charge is -2.27. The van der Waals surface area contributed by atoms with Gasteiger partial charge in [0.25, 0.3) is 0 Å². The SMILES string of the molecule is CCOc1cc(CNCCN2CCNCC2)ccc1OCc1ccc(Cl)cc1Cl. The normalized spacial score (nSPS) is 14.7. The van der Waals surface area contributed by atoms with Gasteiger partial charge in [-0.2, -0.15) is 0 Å². The molecule has 0 saturated carbocycles. The van der Waals surface area contributed by atoms with Gasteiger partial charge in [0.05, 0.1) is 6.61 Å². The summed E-state index contributed by atoms with van der Waals surface area (Å²) in [5, 5.41) is 8.11. The topological polar surface area (TPSA) is 45.8 Å². The summed E-state index contributed by atoms with van der Waals surface area (Å²) in [6, 6.07) is 11.5. The summed E-state index contributed by atoms with van der Waals surface area (Å²) >= 11 is 12.2. The van der Waals surface area contributed by atoms with Gasteiger partial charge >= 0.3 is 0 Å². The molecule has 0 aliphatic carbocycles. The van der Waals surface area contributed by atoms with Gasteiger partial charge in [-0.1, -0.05) is 35.3 Å². The minimum Gasteiger partial charge on any atom is -0.490 e. The molecule has 0 bridgehead atoms. The third-order valence-electron chi connectivity index (χ3n) is 4.85. The standard InChI is InChI=1S/C22H29Cl2N3O2/c1-2-28-22-13-17(15-26-9-12-27-10-7-25-8-11-27)3-6-21(22)29-16-18-4-5-19(23)14-20(18)24/h3-6,13-14,25-26H,2,7-12,15-16H2,1H3. The average molecular weight is 438 g/mol. The van der Waals surface area contributed by atoms with Crippen LogP contribution < -0.4 is 20.1 Å². The molecule has 1 heterocycles. The Kier molecular flexibility index (Phi) is 8.90. The molecule has 158 valence electrons. The number of hydrogen-bond acceptors (Lipinski definition) is 5. The molecular weight excluding hydrogens is 409 g/mol. The average Bonchev–Trinajstić information content (AvgIpc) is 2.73. The van der Waals surface area contributed by atoms with E-state index in [9.17, 15) is 0 Å². The van der Waals surface area contributed by atoms with Gasteiger partial charge in [-0.3, -0.25) is 4.90 Å². The molecule has 0 unspecified atom stereocenters. The maximum absolute atomic E-state index is 6.24. The molecule has 0 amide bonds. The Morgan fingerprint density at radius 1 is 1.03 bits per heavy atom. The lowest BCUT2D eigenvalue weighted by molar-refractivity contribution is 0.241. The number of nitrogens with zero attached hydrogens (tertiary/aromatic N) is 1. The van der Waals surface area contributed by atoms with Crippen molar-refractivity contribution in [2.45, 2.75) is 20.1 Å².